The van der Waals surface area contributed by atoms with E-state index in [1.54, 1.807) is 11.3 Å². The molecular formula is C22H26N3OS+. The fourth-order valence-corrected chi connectivity index (χ4v) is 5.81. The number of nitrogens with zero attached hydrogens (tertiary/aromatic N) is 2. The molecule has 0 bridgehead atoms. The number of carbonyl (C=O) groups is 1. The number of amides is 1. The van der Waals surface area contributed by atoms with Crippen molar-refractivity contribution in [3.8, 4) is 0 Å². The summed E-state index contributed by atoms with van der Waals surface area (Å²) in [7, 11) is 0. The Morgan fingerprint density at radius 1 is 1.15 bits per heavy atom. The van der Waals surface area contributed by atoms with Gasteiger partial charge in [-0.3, -0.25) is 4.79 Å². The summed E-state index contributed by atoms with van der Waals surface area (Å²) in [5, 5.41) is 8.90. The second-order valence-corrected chi connectivity index (χ2v) is 8.95. The number of thiophene rings is 1. The SMILES string of the molecule is O=C(C[NH+]1CCCCC1)N1N=C2c3ccccc3CCC2C1c1cccs1. The van der Waals surface area contributed by atoms with Crippen molar-refractivity contribution in [2.24, 2.45) is 11.0 Å². The second kappa shape index (κ2) is 7.21. The third-order valence-electron chi connectivity index (χ3n) is 6.28. The number of rotatable bonds is 3. The molecule has 0 spiro atoms. The molecule has 1 N–H and O–H groups in total. The minimum Gasteiger partial charge on any atom is -0.327 e. The number of nitrogens with one attached hydrogen (secondary N) is 1. The number of quaternary nitrogens is 1. The summed E-state index contributed by atoms with van der Waals surface area (Å²) in [6.45, 7) is 2.81. The number of fused-ring (bicyclic) bond motifs is 3. The van der Waals surface area contributed by atoms with E-state index in [-0.39, 0.29) is 11.9 Å². The van der Waals surface area contributed by atoms with Gasteiger partial charge < -0.3 is 4.90 Å². The molecule has 27 heavy (non-hydrogen) atoms. The highest BCUT2D eigenvalue weighted by Crippen LogP contribution is 2.44. The lowest BCUT2D eigenvalue weighted by Gasteiger charge is -2.30. The molecule has 3 heterocycles. The third-order valence-corrected chi connectivity index (χ3v) is 7.22. The first-order valence-electron chi connectivity index (χ1n) is 10.2. The molecule has 3 aliphatic rings. The van der Waals surface area contributed by atoms with Crippen LogP contribution >= 0.6 is 11.3 Å². The average molecular weight is 381 g/mol. The molecule has 2 aromatic rings. The van der Waals surface area contributed by atoms with Gasteiger partial charge in [0.2, 0.25) is 0 Å². The van der Waals surface area contributed by atoms with Gasteiger partial charge in [0, 0.05) is 16.4 Å². The van der Waals surface area contributed by atoms with Crippen LogP contribution in [0.4, 0.5) is 0 Å². The number of piperidine rings is 1. The van der Waals surface area contributed by atoms with Crippen molar-refractivity contribution in [1.82, 2.24) is 5.01 Å². The van der Waals surface area contributed by atoms with Crippen LogP contribution in [0.3, 0.4) is 0 Å². The van der Waals surface area contributed by atoms with Crippen molar-refractivity contribution >= 4 is 23.0 Å². The summed E-state index contributed by atoms with van der Waals surface area (Å²) in [6, 6.07) is 12.9. The van der Waals surface area contributed by atoms with Crippen molar-refractivity contribution in [2.75, 3.05) is 19.6 Å². The number of carbonyl (C=O) groups excluding carboxylic acids is 1. The molecular weight excluding hydrogens is 354 g/mol. The molecule has 5 heteroatoms. The molecule has 5 rings (SSSR count). The van der Waals surface area contributed by atoms with E-state index in [9.17, 15) is 4.79 Å². The summed E-state index contributed by atoms with van der Waals surface area (Å²) in [5.41, 5.74) is 3.74. The standard InChI is InChI=1S/C22H25N3OS/c26-20(15-24-12-4-1-5-13-24)25-22(19-9-6-14-27-19)18-11-10-16-7-2-3-8-17(16)21(18)23-25/h2-3,6-9,14,18,22H,1,4-5,10-13,15H2/p+1. The fraction of sp³-hybridized carbons (Fsp3) is 0.455. The Labute approximate surface area is 164 Å². The third kappa shape index (κ3) is 3.13. The van der Waals surface area contributed by atoms with Crippen LogP contribution in [0, 0.1) is 5.92 Å². The van der Waals surface area contributed by atoms with Gasteiger partial charge in [-0.25, -0.2) is 5.01 Å². The van der Waals surface area contributed by atoms with E-state index in [4.69, 9.17) is 5.10 Å². The van der Waals surface area contributed by atoms with Crippen molar-refractivity contribution in [3.63, 3.8) is 0 Å². The summed E-state index contributed by atoms with van der Waals surface area (Å²) in [4.78, 5) is 16.0. The summed E-state index contributed by atoms with van der Waals surface area (Å²) in [6.07, 6.45) is 5.92. The maximum absolute atomic E-state index is 13.3. The van der Waals surface area contributed by atoms with E-state index >= 15 is 0 Å². The molecule has 1 amide bonds. The zero-order valence-corrected chi connectivity index (χ0v) is 16.4. The quantitative estimate of drug-likeness (QED) is 0.873. The van der Waals surface area contributed by atoms with Gasteiger partial charge in [0.05, 0.1) is 24.8 Å². The van der Waals surface area contributed by atoms with Gasteiger partial charge >= 0.3 is 0 Å². The Morgan fingerprint density at radius 2 is 2.00 bits per heavy atom. The van der Waals surface area contributed by atoms with Gasteiger partial charge in [0.15, 0.2) is 6.54 Å². The van der Waals surface area contributed by atoms with E-state index in [0.29, 0.717) is 12.5 Å². The smallest absolute Gasteiger partial charge is 0.298 e. The molecule has 4 nitrogen and oxygen atoms in total. The Balaban J connectivity index is 1.48. The number of hydrogen-bond donors (Lipinski definition) is 1. The average Bonchev–Trinajstić information content (AvgIpc) is 3.36. The highest BCUT2D eigenvalue weighted by atomic mass is 32.1. The molecule has 2 unspecified atom stereocenters. The highest BCUT2D eigenvalue weighted by Gasteiger charge is 2.44. The number of hydrogen-bond acceptors (Lipinski definition) is 3. The Morgan fingerprint density at radius 3 is 2.81 bits per heavy atom. The molecule has 1 fully saturated rings. The van der Waals surface area contributed by atoms with Crippen molar-refractivity contribution in [2.45, 2.75) is 38.1 Å². The topological polar surface area (TPSA) is 37.1 Å². The van der Waals surface area contributed by atoms with Gasteiger partial charge in [0.25, 0.3) is 5.91 Å². The molecule has 1 saturated heterocycles. The summed E-state index contributed by atoms with van der Waals surface area (Å²) >= 11 is 1.75. The zero-order valence-electron chi connectivity index (χ0n) is 15.6. The predicted octanol–water partition coefficient (Wildman–Crippen LogP) is 2.67. The van der Waals surface area contributed by atoms with Crippen molar-refractivity contribution in [1.29, 1.82) is 0 Å². The molecule has 1 aromatic carbocycles. The lowest BCUT2D eigenvalue weighted by molar-refractivity contribution is -0.897. The van der Waals surface area contributed by atoms with Gasteiger partial charge in [-0.05, 0) is 49.1 Å². The Kier molecular flexibility index (Phi) is 4.58. The zero-order chi connectivity index (χ0) is 18.2. The second-order valence-electron chi connectivity index (χ2n) is 7.97. The molecule has 1 aliphatic carbocycles. The normalized spacial score (nSPS) is 25.0. The minimum atomic E-state index is 0.0741. The minimum absolute atomic E-state index is 0.0741. The monoisotopic (exact) mass is 380 g/mol. The number of aryl methyl sites for hydroxylation is 1. The van der Waals surface area contributed by atoms with Crippen LogP contribution in [0.2, 0.25) is 0 Å². The van der Waals surface area contributed by atoms with Crippen LogP contribution in [-0.4, -0.2) is 36.3 Å². The van der Waals surface area contributed by atoms with Gasteiger partial charge in [-0.2, -0.15) is 5.10 Å². The van der Waals surface area contributed by atoms with Gasteiger partial charge in [-0.1, -0.05) is 30.3 Å². The first kappa shape index (κ1) is 17.1. The Hall–Kier alpha value is -1.98. The molecule has 0 radical (unpaired) electrons. The molecule has 0 saturated carbocycles. The highest BCUT2D eigenvalue weighted by molar-refractivity contribution is 7.10. The molecule has 2 atom stereocenters. The Bertz CT molecular complexity index is 854. The molecule has 140 valence electrons. The first-order valence-corrected chi connectivity index (χ1v) is 11.0. The molecule has 2 aliphatic heterocycles. The number of hydrazone groups is 1. The van der Waals surface area contributed by atoms with E-state index in [0.717, 1.165) is 31.6 Å². The van der Waals surface area contributed by atoms with E-state index in [2.05, 4.69) is 41.8 Å². The maximum atomic E-state index is 13.3. The summed E-state index contributed by atoms with van der Waals surface area (Å²) < 4.78 is 0. The maximum Gasteiger partial charge on any atom is 0.298 e. The lowest BCUT2D eigenvalue weighted by Crippen LogP contribution is -3.13. The van der Waals surface area contributed by atoms with E-state index in [1.807, 2.05) is 5.01 Å². The van der Waals surface area contributed by atoms with Crippen LogP contribution < -0.4 is 4.90 Å². The van der Waals surface area contributed by atoms with Crippen LogP contribution in [0.1, 0.15) is 47.7 Å². The van der Waals surface area contributed by atoms with E-state index in [1.165, 1.54) is 40.2 Å². The summed E-state index contributed by atoms with van der Waals surface area (Å²) in [5.74, 6) is 0.503. The molecule has 1 aromatic heterocycles. The largest absolute Gasteiger partial charge is 0.327 e. The van der Waals surface area contributed by atoms with Crippen LogP contribution in [-0.2, 0) is 11.2 Å². The first-order chi connectivity index (χ1) is 13.3. The van der Waals surface area contributed by atoms with Crippen LogP contribution in [0.25, 0.3) is 0 Å². The number of likely N-dealkylation sites (tertiary alicyclic amines) is 1. The number of benzene rings is 1. The van der Waals surface area contributed by atoms with Gasteiger partial charge in [-0.15, -0.1) is 11.3 Å². The van der Waals surface area contributed by atoms with E-state index < -0.39 is 0 Å². The van der Waals surface area contributed by atoms with Crippen LogP contribution in [0.5, 0.6) is 0 Å². The van der Waals surface area contributed by atoms with Gasteiger partial charge in [0.1, 0.15) is 0 Å². The predicted molar refractivity (Wildman–Crippen MR) is 108 cm³/mol. The lowest BCUT2D eigenvalue weighted by atomic mass is 9.79. The van der Waals surface area contributed by atoms with Crippen LogP contribution in [0.15, 0.2) is 46.9 Å². The van der Waals surface area contributed by atoms with Crippen molar-refractivity contribution in [3.05, 3.63) is 57.8 Å². The fourth-order valence-electron chi connectivity index (χ4n) is 4.93. The van der Waals surface area contributed by atoms with Crippen molar-refractivity contribution < 1.29 is 9.69 Å².